The summed E-state index contributed by atoms with van der Waals surface area (Å²) in [5, 5.41) is 0.0712. The van der Waals surface area contributed by atoms with Crippen LogP contribution in [0, 0.1) is 16.2 Å². The Morgan fingerprint density at radius 1 is 0.792 bits per heavy atom. The molecule has 0 saturated heterocycles. The van der Waals surface area contributed by atoms with Crippen LogP contribution in [0.2, 0.25) is 0 Å². The number of hydrogen-bond acceptors (Lipinski definition) is 1. The van der Waals surface area contributed by atoms with Crippen molar-refractivity contribution < 1.29 is 0 Å². The molecule has 0 atom stereocenters. The first-order chi connectivity index (χ1) is 10.8. The van der Waals surface area contributed by atoms with Crippen LogP contribution in [0.25, 0.3) is 0 Å². The van der Waals surface area contributed by atoms with Gasteiger partial charge in [0, 0.05) is 5.59 Å². The van der Waals surface area contributed by atoms with Gasteiger partial charge in [0.05, 0.1) is 10.8 Å². The van der Waals surface area contributed by atoms with E-state index in [-0.39, 0.29) is 21.4 Å². The number of hydrogen-bond donors (Lipinski definition) is 0. The van der Waals surface area contributed by atoms with E-state index in [1.165, 1.54) is 8.20 Å². The standard InChI is InChI=1S/C22H32NP/c1-19(2,3)17-18(20(4,5)6)22(17,21(7,8)9)24-15-23-16-13-11-10-12-14-16/h10-14H,1-9H3. The van der Waals surface area contributed by atoms with Gasteiger partial charge < -0.3 is 0 Å². The van der Waals surface area contributed by atoms with Gasteiger partial charge in [0.25, 0.3) is 0 Å². The average molecular weight is 341 g/mol. The maximum atomic E-state index is 4.59. The first-order valence-corrected chi connectivity index (χ1v) is 9.70. The minimum atomic E-state index is 0.0712. The molecule has 0 amide bonds. The maximum Gasteiger partial charge on any atom is 0.0733 e. The summed E-state index contributed by atoms with van der Waals surface area (Å²) in [6.07, 6.45) is 0. The molecule has 0 spiro atoms. The molecule has 1 aromatic carbocycles. The van der Waals surface area contributed by atoms with E-state index in [1.807, 2.05) is 30.3 Å². The Labute approximate surface area is 150 Å². The fourth-order valence-electron chi connectivity index (χ4n) is 3.80. The van der Waals surface area contributed by atoms with E-state index in [1.54, 1.807) is 11.1 Å². The molecular formula is C22H32NP. The Morgan fingerprint density at radius 2 is 1.25 bits per heavy atom. The fraction of sp³-hybridized carbons (Fsp3) is 0.591. The second-order valence-electron chi connectivity index (χ2n) is 9.87. The van der Waals surface area contributed by atoms with Crippen LogP contribution >= 0.6 is 8.20 Å². The molecule has 0 fully saturated rings. The molecule has 1 aliphatic rings. The summed E-state index contributed by atoms with van der Waals surface area (Å²) >= 11 is 0. The molecule has 2 heteroatoms. The van der Waals surface area contributed by atoms with Crippen molar-refractivity contribution in [1.29, 1.82) is 0 Å². The Balaban J connectivity index is 2.54. The van der Waals surface area contributed by atoms with Gasteiger partial charge in [-0.25, -0.2) is 4.99 Å². The lowest BCUT2D eigenvalue weighted by molar-refractivity contribution is 0.343. The van der Waals surface area contributed by atoms with Gasteiger partial charge in [0.1, 0.15) is 0 Å². The van der Waals surface area contributed by atoms with Gasteiger partial charge in [-0.3, -0.25) is 0 Å². The Morgan fingerprint density at radius 3 is 1.62 bits per heavy atom. The summed E-state index contributed by atoms with van der Waals surface area (Å²) in [6, 6.07) is 10.1. The first-order valence-electron chi connectivity index (χ1n) is 8.81. The van der Waals surface area contributed by atoms with E-state index in [4.69, 9.17) is 0 Å². The highest BCUT2D eigenvalue weighted by molar-refractivity contribution is 7.41. The number of rotatable bonds is 2. The highest BCUT2D eigenvalue weighted by Crippen LogP contribution is 2.72. The summed E-state index contributed by atoms with van der Waals surface area (Å²) in [5.41, 5.74) is 8.06. The molecule has 24 heavy (non-hydrogen) atoms. The van der Waals surface area contributed by atoms with E-state index in [2.05, 4.69) is 72.9 Å². The zero-order chi connectivity index (χ0) is 18.4. The maximum absolute atomic E-state index is 4.59. The molecule has 1 aromatic rings. The van der Waals surface area contributed by atoms with Gasteiger partial charge in [-0.1, -0.05) is 80.5 Å². The molecule has 0 N–H and O–H groups in total. The van der Waals surface area contributed by atoms with Crippen LogP contribution in [-0.2, 0) is 0 Å². The second-order valence-corrected chi connectivity index (χ2v) is 11.0. The predicted molar refractivity (Wildman–Crippen MR) is 109 cm³/mol. The van der Waals surface area contributed by atoms with Gasteiger partial charge in [0.2, 0.25) is 0 Å². The number of nitrogens with zero attached hydrogens (tertiary/aromatic N) is 1. The number of aliphatic imine (C=N–C) groups is 1. The van der Waals surface area contributed by atoms with Crippen LogP contribution < -0.4 is 0 Å². The van der Waals surface area contributed by atoms with Crippen molar-refractivity contribution in [2.24, 2.45) is 21.2 Å². The molecule has 0 aromatic heterocycles. The Kier molecular flexibility index (Phi) is 4.77. The lowest BCUT2D eigenvalue weighted by Gasteiger charge is -2.35. The molecule has 0 bridgehead atoms. The zero-order valence-electron chi connectivity index (χ0n) is 16.8. The summed E-state index contributed by atoms with van der Waals surface area (Å²) < 4.78 is 0. The SMILES string of the molecule is CC(C)(C)C1=C(C(C)(C)C)C1(P=C=Nc1ccccc1)C(C)(C)C. The molecule has 0 saturated carbocycles. The Hall–Kier alpha value is -1.16. The third kappa shape index (κ3) is 3.44. The molecule has 130 valence electrons. The summed E-state index contributed by atoms with van der Waals surface area (Å²) in [6.45, 7) is 21.1. The fourth-order valence-corrected chi connectivity index (χ4v) is 5.51. The van der Waals surface area contributed by atoms with Crippen molar-refractivity contribution in [3.63, 3.8) is 0 Å². The van der Waals surface area contributed by atoms with Gasteiger partial charge >= 0.3 is 0 Å². The second kappa shape index (κ2) is 5.98. The smallest absolute Gasteiger partial charge is 0.0733 e. The van der Waals surface area contributed by atoms with E-state index >= 15 is 0 Å². The first kappa shape index (κ1) is 19.2. The van der Waals surface area contributed by atoms with Crippen molar-refractivity contribution in [3.05, 3.63) is 41.5 Å². The molecule has 0 heterocycles. The predicted octanol–water partition coefficient (Wildman–Crippen LogP) is 7.36. The number of benzene rings is 1. The number of allylic oxidation sites excluding steroid dienone is 2. The monoisotopic (exact) mass is 341 g/mol. The van der Waals surface area contributed by atoms with Crippen molar-refractivity contribution in [1.82, 2.24) is 0 Å². The zero-order valence-corrected chi connectivity index (χ0v) is 17.7. The minimum absolute atomic E-state index is 0.0712. The third-order valence-electron chi connectivity index (χ3n) is 4.65. The molecule has 0 radical (unpaired) electrons. The van der Waals surface area contributed by atoms with Crippen LogP contribution in [-0.4, -0.2) is 10.7 Å². The lowest BCUT2D eigenvalue weighted by Crippen LogP contribution is -2.32. The van der Waals surface area contributed by atoms with Gasteiger partial charge in [-0.2, -0.15) is 0 Å². The highest BCUT2D eigenvalue weighted by Gasteiger charge is 2.65. The van der Waals surface area contributed by atoms with Crippen LogP contribution in [0.4, 0.5) is 5.69 Å². The molecule has 2 rings (SSSR count). The average Bonchev–Trinajstić information content (AvgIpc) is 3.10. The van der Waals surface area contributed by atoms with E-state index < -0.39 is 0 Å². The van der Waals surface area contributed by atoms with Crippen LogP contribution in [0.3, 0.4) is 0 Å². The molecular weight excluding hydrogens is 309 g/mol. The number of para-hydroxylation sites is 1. The van der Waals surface area contributed by atoms with Crippen LogP contribution in [0.5, 0.6) is 0 Å². The third-order valence-corrected chi connectivity index (χ3v) is 6.30. The van der Waals surface area contributed by atoms with Crippen molar-refractivity contribution in [2.45, 2.75) is 67.5 Å². The molecule has 0 unspecified atom stereocenters. The van der Waals surface area contributed by atoms with E-state index in [0.717, 1.165) is 5.69 Å². The van der Waals surface area contributed by atoms with Gasteiger partial charge in [0.15, 0.2) is 0 Å². The lowest BCUT2D eigenvalue weighted by atomic mass is 9.77. The molecule has 0 aliphatic heterocycles. The summed E-state index contributed by atoms with van der Waals surface area (Å²) in [5.74, 6) is 0. The van der Waals surface area contributed by atoms with Crippen molar-refractivity contribution >= 4 is 19.5 Å². The highest BCUT2D eigenvalue weighted by atomic mass is 31.1. The summed E-state index contributed by atoms with van der Waals surface area (Å²) in [7, 11) is 1.17. The molecule has 1 nitrogen and oxygen atoms in total. The van der Waals surface area contributed by atoms with Crippen molar-refractivity contribution in [3.8, 4) is 0 Å². The quantitative estimate of drug-likeness (QED) is 0.303. The van der Waals surface area contributed by atoms with E-state index in [9.17, 15) is 0 Å². The van der Waals surface area contributed by atoms with Crippen LogP contribution in [0.15, 0.2) is 46.5 Å². The normalized spacial score (nSPS) is 17.7. The van der Waals surface area contributed by atoms with Gasteiger partial charge in [-0.05, 0) is 47.7 Å². The largest absolute Gasteiger partial charge is 0.202 e. The topological polar surface area (TPSA) is 12.4 Å². The van der Waals surface area contributed by atoms with Crippen LogP contribution in [0.1, 0.15) is 62.3 Å². The molecule has 1 aliphatic carbocycles. The van der Waals surface area contributed by atoms with E-state index in [0.29, 0.717) is 0 Å². The Bertz CT molecular complexity index is 673. The van der Waals surface area contributed by atoms with Crippen molar-refractivity contribution in [2.75, 3.05) is 0 Å². The summed E-state index contributed by atoms with van der Waals surface area (Å²) in [4.78, 5) is 4.59. The van der Waals surface area contributed by atoms with Gasteiger partial charge in [-0.15, -0.1) is 0 Å². The minimum Gasteiger partial charge on any atom is -0.202 e.